The van der Waals surface area contributed by atoms with Crippen LogP contribution in [0.3, 0.4) is 0 Å². The summed E-state index contributed by atoms with van der Waals surface area (Å²) in [6.45, 7) is 6.18. The van der Waals surface area contributed by atoms with Gasteiger partial charge in [-0.25, -0.2) is 8.42 Å². The van der Waals surface area contributed by atoms with Gasteiger partial charge >= 0.3 is 0 Å². The predicted molar refractivity (Wildman–Crippen MR) is 62.8 cm³/mol. The van der Waals surface area contributed by atoms with E-state index in [1.54, 1.807) is 30.3 Å². The summed E-state index contributed by atoms with van der Waals surface area (Å²) in [6, 6.07) is 8.38. The van der Waals surface area contributed by atoms with Crippen LogP contribution < -0.4 is 0 Å². The van der Waals surface area contributed by atoms with Gasteiger partial charge in [0.1, 0.15) is 5.75 Å². The third kappa shape index (κ3) is 2.83. The Morgan fingerprint density at radius 3 is 2.06 bits per heavy atom. The van der Waals surface area contributed by atoms with E-state index in [-0.39, 0.29) is 10.3 Å². The molecule has 0 saturated carbocycles. The molecule has 0 radical (unpaired) electrons. The lowest BCUT2D eigenvalue weighted by Crippen LogP contribution is -2.11. The van der Waals surface area contributed by atoms with Crippen LogP contribution in [0.1, 0.15) is 26.3 Å². The zero-order valence-electron chi connectivity index (χ0n) is 9.69. The van der Waals surface area contributed by atoms with Crippen molar-refractivity contribution in [3.63, 3.8) is 0 Å². The third-order valence-corrected chi connectivity index (χ3v) is 3.83. The number of nitrogens with zero attached hydrogens (tertiary/aromatic N) is 1. The van der Waals surface area contributed by atoms with Crippen molar-refractivity contribution in [3.8, 4) is 6.07 Å². The summed E-state index contributed by atoms with van der Waals surface area (Å²) in [5.41, 5.74) is 1.07. The van der Waals surface area contributed by atoms with Crippen molar-refractivity contribution in [2.24, 2.45) is 0 Å². The highest BCUT2D eigenvalue weighted by Gasteiger charge is 2.17. The van der Waals surface area contributed by atoms with Gasteiger partial charge in [0, 0.05) is 0 Å². The molecule has 0 bridgehead atoms. The van der Waals surface area contributed by atoms with Crippen LogP contribution in [0.4, 0.5) is 0 Å². The van der Waals surface area contributed by atoms with Gasteiger partial charge in [-0.3, -0.25) is 0 Å². The van der Waals surface area contributed by atoms with Crippen LogP contribution in [0, 0.1) is 11.3 Å². The van der Waals surface area contributed by atoms with E-state index >= 15 is 0 Å². The van der Waals surface area contributed by atoms with Crippen molar-refractivity contribution in [1.29, 1.82) is 5.26 Å². The first-order chi connectivity index (χ1) is 7.27. The summed E-state index contributed by atoms with van der Waals surface area (Å²) < 4.78 is 23.1. The summed E-state index contributed by atoms with van der Waals surface area (Å²) in [5.74, 6) is -0.470. The lowest BCUT2D eigenvalue weighted by atomic mass is 9.87. The molecule has 0 atom stereocenters. The topological polar surface area (TPSA) is 57.9 Å². The van der Waals surface area contributed by atoms with Crippen LogP contribution in [0.5, 0.6) is 0 Å². The first kappa shape index (κ1) is 12.7. The van der Waals surface area contributed by atoms with E-state index in [9.17, 15) is 8.42 Å². The molecule has 0 aromatic heterocycles. The SMILES string of the molecule is CC(C)(C)c1ccc(S(=O)(=O)CC#N)cc1. The molecule has 0 aliphatic carbocycles. The molecular weight excluding hydrogens is 222 g/mol. The Kier molecular flexibility index (Phi) is 3.39. The molecule has 0 aliphatic rings. The Balaban J connectivity index is 3.11. The number of nitriles is 1. The minimum atomic E-state index is -3.43. The highest BCUT2D eigenvalue weighted by atomic mass is 32.2. The Labute approximate surface area is 96.6 Å². The zero-order valence-corrected chi connectivity index (χ0v) is 10.5. The maximum Gasteiger partial charge on any atom is 0.191 e. The largest absolute Gasteiger partial charge is 0.223 e. The van der Waals surface area contributed by atoms with E-state index in [0.717, 1.165) is 5.56 Å². The molecule has 3 nitrogen and oxygen atoms in total. The average molecular weight is 237 g/mol. The van der Waals surface area contributed by atoms with Crippen molar-refractivity contribution in [2.75, 3.05) is 5.75 Å². The Bertz CT molecular complexity index is 501. The van der Waals surface area contributed by atoms with Crippen LogP contribution in [-0.4, -0.2) is 14.2 Å². The molecule has 4 heteroatoms. The molecule has 0 spiro atoms. The van der Waals surface area contributed by atoms with E-state index < -0.39 is 15.6 Å². The first-order valence-corrected chi connectivity index (χ1v) is 6.63. The van der Waals surface area contributed by atoms with Crippen molar-refractivity contribution in [2.45, 2.75) is 31.1 Å². The van der Waals surface area contributed by atoms with Crippen molar-refractivity contribution in [3.05, 3.63) is 29.8 Å². The maximum atomic E-state index is 11.6. The lowest BCUT2D eigenvalue weighted by molar-refractivity contribution is 0.587. The second kappa shape index (κ2) is 4.26. The standard InChI is InChI=1S/C12H15NO2S/c1-12(2,3)10-4-6-11(7-5-10)16(14,15)9-8-13/h4-7H,9H2,1-3H3. The molecule has 1 rings (SSSR count). The normalized spacial score (nSPS) is 12.1. The van der Waals surface area contributed by atoms with E-state index in [4.69, 9.17) is 5.26 Å². The lowest BCUT2D eigenvalue weighted by Gasteiger charge is -2.18. The van der Waals surface area contributed by atoms with Gasteiger partial charge < -0.3 is 0 Å². The summed E-state index contributed by atoms with van der Waals surface area (Å²) in [4.78, 5) is 0.210. The molecule has 1 aromatic rings. The van der Waals surface area contributed by atoms with Gasteiger partial charge in [0.2, 0.25) is 0 Å². The van der Waals surface area contributed by atoms with Crippen LogP contribution in [0.25, 0.3) is 0 Å². The third-order valence-electron chi connectivity index (χ3n) is 2.33. The predicted octanol–water partition coefficient (Wildman–Crippen LogP) is 2.28. The number of rotatable bonds is 2. The summed E-state index contributed by atoms with van der Waals surface area (Å²) in [7, 11) is -3.43. The van der Waals surface area contributed by atoms with Crippen LogP contribution in [-0.2, 0) is 15.3 Å². The second-order valence-corrected chi connectivity index (χ2v) is 6.68. The monoisotopic (exact) mass is 237 g/mol. The van der Waals surface area contributed by atoms with Gasteiger partial charge in [0.15, 0.2) is 9.84 Å². The maximum absolute atomic E-state index is 11.6. The Morgan fingerprint density at radius 1 is 1.19 bits per heavy atom. The molecule has 1 aromatic carbocycles. The van der Waals surface area contributed by atoms with Gasteiger partial charge in [0.25, 0.3) is 0 Å². The second-order valence-electron chi connectivity index (χ2n) is 4.69. The number of benzene rings is 1. The fourth-order valence-electron chi connectivity index (χ4n) is 1.33. The van der Waals surface area contributed by atoms with Gasteiger partial charge in [-0.05, 0) is 23.1 Å². The molecule has 0 aliphatic heterocycles. The summed E-state index contributed by atoms with van der Waals surface area (Å²) in [5, 5.41) is 8.42. The molecule has 0 saturated heterocycles. The smallest absolute Gasteiger partial charge is 0.191 e. The van der Waals surface area contributed by atoms with Crippen molar-refractivity contribution >= 4 is 9.84 Å². The first-order valence-electron chi connectivity index (χ1n) is 4.97. The van der Waals surface area contributed by atoms with Gasteiger partial charge in [-0.1, -0.05) is 32.9 Å². The van der Waals surface area contributed by atoms with Gasteiger partial charge in [-0.15, -0.1) is 0 Å². The molecule has 0 amide bonds. The Hall–Kier alpha value is -1.34. The van der Waals surface area contributed by atoms with E-state index in [1.807, 2.05) is 0 Å². The fraction of sp³-hybridized carbons (Fsp3) is 0.417. The quantitative estimate of drug-likeness (QED) is 0.793. The van der Waals surface area contributed by atoms with E-state index in [1.165, 1.54) is 0 Å². The fourth-order valence-corrected chi connectivity index (χ4v) is 2.22. The van der Waals surface area contributed by atoms with Gasteiger partial charge in [0.05, 0.1) is 11.0 Å². The summed E-state index contributed by atoms with van der Waals surface area (Å²) in [6.07, 6.45) is 0. The van der Waals surface area contributed by atoms with E-state index in [0.29, 0.717) is 0 Å². The molecule has 0 heterocycles. The highest BCUT2D eigenvalue weighted by Crippen LogP contribution is 2.23. The molecule has 16 heavy (non-hydrogen) atoms. The van der Waals surface area contributed by atoms with Crippen LogP contribution in [0.2, 0.25) is 0 Å². The molecule has 86 valence electrons. The minimum absolute atomic E-state index is 0.00246. The number of sulfone groups is 1. The minimum Gasteiger partial charge on any atom is -0.223 e. The van der Waals surface area contributed by atoms with Crippen LogP contribution >= 0.6 is 0 Å². The van der Waals surface area contributed by atoms with Crippen molar-refractivity contribution in [1.82, 2.24) is 0 Å². The van der Waals surface area contributed by atoms with Gasteiger partial charge in [-0.2, -0.15) is 5.26 Å². The molecule has 0 fully saturated rings. The average Bonchev–Trinajstić information content (AvgIpc) is 2.16. The Morgan fingerprint density at radius 2 is 1.69 bits per heavy atom. The molecular formula is C12H15NO2S. The van der Waals surface area contributed by atoms with Crippen LogP contribution in [0.15, 0.2) is 29.2 Å². The van der Waals surface area contributed by atoms with Crippen molar-refractivity contribution < 1.29 is 8.42 Å². The zero-order chi connectivity index (χ0) is 12.4. The number of hydrogen-bond acceptors (Lipinski definition) is 3. The molecule has 0 unspecified atom stereocenters. The highest BCUT2D eigenvalue weighted by molar-refractivity contribution is 7.91. The molecule has 0 N–H and O–H groups in total. The van der Waals surface area contributed by atoms with E-state index in [2.05, 4.69) is 20.8 Å². The number of hydrogen-bond donors (Lipinski definition) is 0. The summed E-state index contributed by atoms with van der Waals surface area (Å²) >= 11 is 0.